The molecule has 0 fully saturated rings. The van der Waals surface area contributed by atoms with Crippen LogP contribution in [0, 0.1) is 4.77 Å². The van der Waals surface area contributed by atoms with Crippen LogP contribution in [0.1, 0.15) is 25.8 Å². The van der Waals surface area contributed by atoms with Crippen LogP contribution in [0.15, 0.2) is 10.9 Å². The zero-order chi connectivity index (χ0) is 11.3. The van der Waals surface area contributed by atoms with Gasteiger partial charge in [0, 0.05) is 19.3 Å². The van der Waals surface area contributed by atoms with Crippen LogP contribution in [-0.4, -0.2) is 23.2 Å². The highest BCUT2D eigenvalue weighted by molar-refractivity contribution is 7.71. The van der Waals surface area contributed by atoms with Crippen molar-refractivity contribution in [3.63, 3.8) is 0 Å². The van der Waals surface area contributed by atoms with Crippen molar-refractivity contribution < 1.29 is 9.47 Å². The van der Waals surface area contributed by atoms with E-state index in [0.29, 0.717) is 18.9 Å². The molecule has 0 aliphatic rings. The first-order valence-electron chi connectivity index (χ1n) is 4.74. The quantitative estimate of drug-likeness (QED) is 0.594. The van der Waals surface area contributed by atoms with Crippen LogP contribution in [0.25, 0.3) is 0 Å². The summed E-state index contributed by atoms with van der Waals surface area (Å²) in [5, 5.41) is 0. The Bertz CT molecular complexity index is 378. The van der Waals surface area contributed by atoms with Gasteiger partial charge < -0.3 is 14.5 Å². The predicted octanol–water partition coefficient (Wildman–Crippen LogP) is 1.50. The topological polar surface area (TPSA) is 67.1 Å². The van der Waals surface area contributed by atoms with Crippen molar-refractivity contribution in [1.82, 2.24) is 9.97 Å². The Morgan fingerprint density at radius 2 is 1.93 bits per heavy atom. The van der Waals surface area contributed by atoms with Gasteiger partial charge in [-0.25, -0.2) is 0 Å². The van der Waals surface area contributed by atoms with E-state index in [9.17, 15) is 4.79 Å². The molecule has 0 bridgehead atoms. The van der Waals surface area contributed by atoms with E-state index in [2.05, 4.69) is 9.97 Å². The van der Waals surface area contributed by atoms with Gasteiger partial charge in [0.15, 0.2) is 11.1 Å². The Balaban J connectivity index is 2.99. The van der Waals surface area contributed by atoms with Gasteiger partial charge in [0.05, 0.1) is 5.69 Å². The van der Waals surface area contributed by atoms with Crippen molar-refractivity contribution in [2.75, 3.05) is 13.2 Å². The van der Waals surface area contributed by atoms with Crippen LogP contribution in [0.5, 0.6) is 0 Å². The second-order valence-corrected chi connectivity index (χ2v) is 3.19. The highest BCUT2D eigenvalue weighted by Gasteiger charge is 2.12. The van der Waals surface area contributed by atoms with E-state index in [1.54, 1.807) is 0 Å². The van der Waals surface area contributed by atoms with E-state index < -0.39 is 6.29 Å². The fourth-order valence-corrected chi connectivity index (χ4v) is 1.36. The molecule has 1 aromatic heterocycles. The summed E-state index contributed by atoms with van der Waals surface area (Å²) < 4.78 is 10.9. The second kappa shape index (κ2) is 5.79. The Labute approximate surface area is 92.4 Å². The van der Waals surface area contributed by atoms with E-state index >= 15 is 0 Å². The van der Waals surface area contributed by atoms with Crippen LogP contribution in [0.4, 0.5) is 0 Å². The standard InChI is InChI=1S/C9H14N2O3S/c1-3-13-8(14-4-2)6-5-7(12)11-9(15)10-6/h5,8H,3-4H2,1-2H3,(H2,10,11,12,15). The van der Waals surface area contributed by atoms with Gasteiger partial charge in [-0.2, -0.15) is 0 Å². The number of hydrogen-bond acceptors (Lipinski definition) is 4. The van der Waals surface area contributed by atoms with Crippen molar-refractivity contribution in [3.8, 4) is 0 Å². The normalized spacial score (nSPS) is 10.9. The fourth-order valence-electron chi connectivity index (χ4n) is 1.15. The largest absolute Gasteiger partial charge is 0.347 e. The van der Waals surface area contributed by atoms with Crippen LogP contribution in [0.3, 0.4) is 0 Å². The number of aromatic amines is 2. The number of H-pyrrole nitrogens is 2. The van der Waals surface area contributed by atoms with Crippen molar-refractivity contribution in [2.45, 2.75) is 20.1 Å². The summed E-state index contributed by atoms with van der Waals surface area (Å²) in [5.74, 6) is 0. The lowest BCUT2D eigenvalue weighted by molar-refractivity contribution is -0.142. The molecule has 1 heterocycles. The highest BCUT2D eigenvalue weighted by Crippen LogP contribution is 2.14. The zero-order valence-corrected chi connectivity index (χ0v) is 9.52. The summed E-state index contributed by atoms with van der Waals surface area (Å²) in [6.07, 6.45) is -0.566. The average Bonchev–Trinajstić information content (AvgIpc) is 2.16. The van der Waals surface area contributed by atoms with Crippen molar-refractivity contribution in [1.29, 1.82) is 0 Å². The molecule has 0 aliphatic heterocycles. The lowest BCUT2D eigenvalue weighted by Gasteiger charge is -2.16. The maximum atomic E-state index is 11.2. The molecule has 15 heavy (non-hydrogen) atoms. The molecule has 0 saturated heterocycles. The molecule has 0 aromatic carbocycles. The summed E-state index contributed by atoms with van der Waals surface area (Å²) >= 11 is 4.85. The van der Waals surface area contributed by atoms with Crippen LogP contribution in [0.2, 0.25) is 0 Å². The smallest absolute Gasteiger partial charge is 0.252 e. The van der Waals surface area contributed by atoms with Gasteiger partial charge in [-0.05, 0) is 26.1 Å². The first-order chi connectivity index (χ1) is 7.17. The van der Waals surface area contributed by atoms with Crippen LogP contribution < -0.4 is 5.56 Å². The van der Waals surface area contributed by atoms with Gasteiger partial charge in [-0.15, -0.1) is 0 Å². The molecular weight excluding hydrogens is 216 g/mol. The second-order valence-electron chi connectivity index (χ2n) is 2.79. The first-order valence-corrected chi connectivity index (χ1v) is 5.15. The van der Waals surface area contributed by atoms with Crippen LogP contribution in [-0.2, 0) is 9.47 Å². The molecule has 84 valence electrons. The molecule has 0 unspecified atom stereocenters. The molecule has 1 rings (SSSR count). The lowest BCUT2D eigenvalue weighted by atomic mass is 10.4. The van der Waals surface area contributed by atoms with E-state index in [-0.39, 0.29) is 10.3 Å². The van der Waals surface area contributed by atoms with Gasteiger partial charge in [-0.1, -0.05) is 0 Å². The third-order valence-electron chi connectivity index (χ3n) is 1.67. The Hall–Kier alpha value is -0.980. The third-order valence-corrected chi connectivity index (χ3v) is 1.88. The average molecular weight is 230 g/mol. The van der Waals surface area contributed by atoms with Crippen molar-refractivity contribution >= 4 is 12.2 Å². The number of nitrogens with one attached hydrogen (secondary N) is 2. The number of aromatic nitrogens is 2. The van der Waals surface area contributed by atoms with Gasteiger partial charge in [-0.3, -0.25) is 9.78 Å². The Kier molecular flexibility index (Phi) is 4.67. The fraction of sp³-hybridized carbons (Fsp3) is 0.556. The minimum atomic E-state index is -0.566. The summed E-state index contributed by atoms with van der Waals surface area (Å²) in [6, 6.07) is 1.38. The maximum Gasteiger partial charge on any atom is 0.252 e. The molecule has 0 radical (unpaired) electrons. The summed E-state index contributed by atoms with van der Waals surface area (Å²) in [4.78, 5) is 16.4. The molecular formula is C9H14N2O3S. The number of rotatable bonds is 5. The molecule has 0 atom stereocenters. The maximum absolute atomic E-state index is 11.2. The number of hydrogen-bond donors (Lipinski definition) is 2. The molecule has 0 saturated carbocycles. The predicted molar refractivity (Wildman–Crippen MR) is 58.2 cm³/mol. The van der Waals surface area contributed by atoms with Gasteiger partial charge in [0.25, 0.3) is 5.56 Å². The molecule has 0 aliphatic carbocycles. The molecule has 5 nitrogen and oxygen atoms in total. The van der Waals surface area contributed by atoms with Crippen molar-refractivity contribution in [3.05, 3.63) is 26.9 Å². The SMILES string of the molecule is CCOC(OCC)c1cc(=O)[nH]c(=S)[nH]1. The van der Waals surface area contributed by atoms with E-state index in [0.717, 1.165) is 0 Å². The highest BCUT2D eigenvalue weighted by atomic mass is 32.1. The lowest BCUT2D eigenvalue weighted by Crippen LogP contribution is -2.16. The van der Waals surface area contributed by atoms with E-state index in [4.69, 9.17) is 21.7 Å². The van der Waals surface area contributed by atoms with Crippen molar-refractivity contribution in [2.24, 2.45) is 0 Å². The van der Waals surface area contributed by atoms with Gasteiger partial charge in [0.1, 0.15) is 0 Å². The summed E-state index contributed by atoms with van der Waals surface area (Å²) in [6.45, 7) is 4.71. The van der Waals surface area contributed by atoms with E-state index in [1.807, 2.05) is 13.8 Å². The molecule has 2 N–H and O–H groups in total. The Morgan fingerprint density at radius 3 is 2.40 bits per heavy atom. The third kappa shape index (κ3) is 3.58. The molecule has 0 spiro atoms. The summed E-state index contributed by atoms with van der Waals surface area (Å²) in [5.41, 5.74) is 0.269. The minimum absolute atomic E-state index is 0.266. The van der Waals surface area contributed by atoms with Gasteiger partial charge >= 0.3 is 0 Å². The molecule has 0 amide bonds. The number of ether oxygens (including phenoxy) is 2. The van der Waals surface area contributed by atoms with Gasteiger partial charge in [0.2, 0.25) is 0 Å². The van der Waals surface area contributed by atoms with Crippen LogP contribution >= 0.6 is 12.2 Å². The Morgan fingerprint density at radius 1 is 1.33 bits per heavy atom. The summed E-state index contributed by atoms with van der Waals surface area (Å²) in [7, 11) is 0. The monoisotopic (exact) mass is 230 g/mol. The van der Waals surface area contributed by atoms with E-state index in [1.165, 1.54) is 6.07 Å². The minimum Gasteiger partial charge on any atom is -0.347 e. The zero-order valence-electron chi connectivity index (χ0n) is 8.70. The molecule has 1 aromatic rings. The first kappa shape index (κ1) is 12.1. The molecule has 6 heteroatoms.